The number of terminal acetylenes is 1. The quantitative estimate of drug-likeness (QED) is 0.225. The maximum atomic E-state index is 11.0. The van der Waals surface area contributed by atoms with Crippen LogP contribution in [0.25, 0.3) is 10.9 Å². The molecule has 2 N–H and O–H groups in total. The van der Waals surface area contributed by atoms with Gasteiger partial charge in [-0.25, -0.2) is 4.79 Å². The molecule has 0 atom stereocenters. The van der Waals surface area contributed by atoms with E-state index < -0.39 is 6.16 Å². The zero-order valence-corrected chi connectivity index (χ0v) is 11.6. The molecule has 0 fully saturated rings. The minimum atomic E-state index is -1.03. The third-order valence-corrected chi connectivity index (χ3v) is 2.48. The van der Waals surface area contributed by atoms with Crippen molar-refractivity contribution in [3.8, 4) is 18.1 Å². The fourth-order valence-electron chi connectivity index (χ4n) is 1.59. The predicted molar refractivity (Wildman–Crippen MR) is 80.1 cm³/mol. The predicted octanol–water partition coefficient (Wildman–Crippen LogP) is 1.67. The SMILES string of the molecule is C#CCOC(=O)ON=C(N)COc1cccc2cccnc12. The summed E-state index contributed by atoms with van der Waals surface area (Å²) in [6.07, 6.45) is 5.55. The number of para-hydroxylation sites is 1. The number of pyridine rings is 1. The minimum absolute atomic E-state index is 0.0365. The highest BCUT2D eigenvalue weighted by Gasteiger charge is 2.06. The van der Waals surface area contributed by atoms with Gasteiger partial charge in [-0.1, -0.05) is 29.3 Å². The van der Waals surface area contributed by atoms with Gasteiger partial charge in [0.2, 0.25) is 0 Å². The molecule has 0 radical (unpaired) electrons. The number of aromatic nitrogens is 1. The first-order valence-corrected chi connectivity index (χ1v) is 6.27. The molecule has 0 aliphatic rings. The molecule has 0 bridgehead atoms. The molecule has 0 spiro atoms. The van der Waals surface area contributed by atoms with Gasteiger partial charge >= 0.3 is 6.16 Å². The van der Waals surface area contributed by atoms with Crippen molar-refractivity contribution in [2.45, 2.75) is 0 Å². The van der Waals surface area contributed by atoms with Crippen LogP contribution in [0.15, 0.2) is 41.7 Å². The summed E-state index contributed by atoms with van der Waals surface area (Å²) >= 11 is 0. The molecule has 1 aromatic carbocycles. The Morgan fingerprint density at radius 2 is 2.18 bits per heavy atom. The number of amidine groups is 1. The average molecular weight is 299 g/mol. The van der Waals surface area contributed by atoms with Gasteiger partial charge in [-0.2, -0.15) is 0 Å². The summed E-state index contributed by atoms with van der Waals surface area (Å²) in [5, 5.41) is 4.31. The van der Waals surface area contributed by atoms with Gasteiger partial charge in [0.25, 0.3) is 0 Å². The normalized spacial score (nSPS) is 10.8. The van der Waals surface area contributed by atoms with Crippen molar-refractivity contribution < 1.29 is 19.1 Å². The first-order chi connectivity index (χ1) is 10.7. The van der Waals surface area contributed by atoms with E-state index in [-0.39, 0.29) is 19.0 Å². The van der Waals surface area contributed by atoms with Crippen LogP contribution in [0.3, 0.4) is 0 Å². The first-order valence-electron chi connectivity index (χ1n) is 6.27. The zero-order valence-electron chi connectivity index (χ0n) is 11.6. The van der Waals surface area contributed by atoms with Crippen LogP contribution in [-0.4, -0.2) is 30.2 Å². The fourth-order valence-corrected chi connectivity index (χ4v) is 1.59. The average Bonchev–Trinajstić information content (AvgIpc) is 2.56. The van der Waals surface area contributed by atoms with Crippen molar-refractivity contribution in [2.24, 2.45) is 10.9 Å². The van der Waals surface area contributed by atoms with E-state index in [0.29, 0.717) is 11.3 Å². The second-order valence-corrected chi connectivity index (χ2v) is 4.04. The van der Waals surface area contributed by atoms with Crippen molar-refractivity contribution in [2.75, 3.05) is 13.2 Å². The fraction of sp³-hybridized carbons (Fsp3) is 0.133. The molecule has 22 heavy (non-hydrogen) atoms. The molecule has 1 heterocycles. The van der Waals surface area contributed by atoms with Crippen LogP contribution < -0.4 is 10.5 Å². The van der Waals surface area contributed by atoms with E-state index in [1.165, 1.54) is 0 Å². The van der Waals surface area contributed by atoms with Gasteiger partial charge in [0, 0.05) is 11.6 Å². The molecule has 0 saturated heterocycles. The maximum Gasteiger partial charge on any atom is 0.536 e. The largest absolute Gasteiger partial charge is 0.536 e. The summed E-state index contributed by atoms with van der Waals surface area (Å²) in [5.41, 5.74) is 6.28. The Labute approximate surface area is 126 Å². The molecule has 2 rings (SSSR count). The molecule has 0 unspecified atom stereocenters. The van der Waals surface area contributed by atoms with E-state index in [4.69, 9.17) is 16.9 Å². The second kappa shape index (κ2) is 7.50. The number of oxime groups is 1. The summed E-state index contributed by atoms with van der Waals surface area (Å²) in [6, 6.07) is 9.25. The van der Waals surface area contributed by atoms with Crippen molar-refractivity contribution in [1.29, 1.82) is 0 Å². The lowest BCUT2D eigenvalue weighted by Gasteiger charge is -2.07. The molecule has 7 nitrogen and oxygen atoms in total. The molecular weight excluding hydrogens is 286 g/mol. The number of hydrogen-bond acceptors (Lipinski definition) is 6. The number of hydrogen-bond donors (Lipinski definition) is 1. The minimum Gasteiger partial charge on any atom is -0.483 e. The number of benzene rings is 1. The van der Waals surface area contributed by atoms with Gasteiger partial charge in [-0.05, 0) is 12.1 Å². The van der Waals surface area contributed by atoms with E-state index in [2.05, 4.69) is 25.6 Å². The lowest BCUT2D eigenvalue weighted by Crippen LogP contribution is -2.22. The first kappa shape index (κ1) is 15.1. The third kappa shape index (κ3) is 4.11. The Bertz CT molecular complexity index is 732. The van der Waals surface area contributed by atoms with Gasteiger partial charge < -0.3 is 15.2 Å². The van der Waals surface area contributed by atoms with Crippen LogP contribution >= 0.6 is 0 Å². The number of nitrogens with two attached hydrogens (primary N) is 1. The number of carbonyl (C=O) groups excluding carboxylic acids is 1. The van der Waals surface area contributed by atoms with Crippen LogP contribution in [0.1, 0.15) is 0 Å². The Hall–Kier alpha value is -3.27. The molecule has 0 aliphatic carbocycles. The van der Waals surface area contributed by atoms with Crippen LogP contribution in [0, 0.1) is 12.3 Å². The van der Waals surface area contributed by atoms with Gasteiger partial charge in [-0.3, -0.25) is 9.82 Å². The molecule has 1 aromatic heterocycles. The highest BCUT2D eigenvalue weighted by molar-refractivity contribution is 5.85. The maximum absolute atomic E-state index is 11.0. The number of rotatable bonds is 5. The van der Waals surface area contributed by atoms with Gasteiger partial charge in [0.1, 0.15) is 17.9 Å². The Morgan fingerprint density at radius 1 is 1.36 bits per heavy atom. The third-order valence-electron chi connectivity index (χ3n) is 2.48. The molecular formula is C15H13N3O4. The molecule has 0 saturated carbocycles. The van der Waals surface area contributed by atoms with E-state index in [9.17, 15) is 4.79 Å². The summed E-state index contributed by atoms with van der Waals surface area (Å²) in [6.45, 7) is -0.273. The Balaban J connectivity index is 1.94. The van der Waals surface area contributed by atoms with Crippen LogP contribution in [0.2, 0.25) is 0 Å². The summed E-state index contributed by atoms with van der Waals surface area (Å²) in [5.74, 6) is 2.63. The molecule has 0 amide bonds. The zero-order chi connectivity index (χ0) is 15.8. The Kier molecular flexibility index (Phi) is 5.15. The van der Waals surface area contributed by atoms with Gasteiger partial charge in [-0.15, -0.1) is 6.42 Å². The molecule has 2 aromatic rings. The van der Waals surface area contributed by atoms with Crippen molar-refractivity contribution in [3.63, 3.8) is 0 Å². The Morgan fingerprint density at radius 3 is 3.00 bits per heavy atom. The van der Waals surface area contributed by atoms with Crippen molar-refractivity contribution in [3.05, 3.63) is 36.5 Å². The lowest BCUT2D eigenvalue weighted by atomic mass is 10.2. The van der Waals surface area contributed by atoms with Gasteiger partial charge in [0.15, 0.2) is 12.4 Å². The standard InChI is InChI=1S/C15H13N3O4/c1-2-9-20-15(19)22-18-13(16)10-21-12-7-3-5-11-6-4-8-17-14(11)12/h1,3-8H,9-10H2,(H2,16,18). The number of ether oxygens (including phenoxy) is 2. The van der Waals surface area contributed by atoms with Crippen molar-refractivity contribution in [1.82, 2.24) is 4.98 Å². The number of nitrogens with zero attached hydrogens (tertiary/aromatic N) is 2. The highest BCUT2D eigenvalue weighted by Crippen LogP contribution is 2.22. The number of fused-ring (bicyclic) bond motifs is 1. The molecule has 0 aliphatic heterocycles. The van der Waals surface area contributed by atoms with E-state index in [1.54, 1.807) is 12.3 Å². The summed E-state index contributed by atoms with van der Waals surface area (Å²) in [4.78, 5) is 19.6. The van der Waals surface area contributed by atoms with Crippen LogP contribution in [0.4, 0.5) is 4.79 Å². The molecule has 112 valence electrons. The topological polar surface area (TPSA) is 96.0 Å². The van der Waals surface area contributed by atoms with Crippen LogP contribution in [-0.2, 0) is 9.57 Å². The second-order valence-electron chi connectivity index (χ2n) is 4.04. The highest BCUT2D eigenvalue weighted by atomic mass is 16.8. The summed E-state index contributed by atoms with van der Waals surface area (Å²) < 4.78 is 9.96. The van der Waals surface area contributed by atoms with Crippen molar-refractivity contribution >= 4 is 22.9 Å². The van der Waals surface area contributed by atoms with E-state index in [0.717, 1.165) is 5.39 Å². The molecule has 7 heteroatoms. The summed E-state index contributed by atoms with van der Waals surface area (Å²) in [7, 11) is 0. The van der Waals surface area contributed by atoms with E-state index in [1.807, 2.05) is 24.3 Å². The smallest absolute Gasteiger partial charge is 0.483 e. The lowest BCUT2D eigenvalue weighted by molar-refractivity contribution is 0.0664. The van der Waals surface area contributed by atoms with Crippen LogP contribution in [0.5, 0.6) is 5.75 Å². The monoisotopic (exact) mass is 299 g/mol. The number of carbonyl (C=O) groups is 1. The van der Waals surface area contributed by atoms with Gasteiger partial charge in [0.05, 0.1) is 0 Å². The van der Waals surface area contributed by atoms with E-state index >= 15 is 0 Å².